The molecule has 1 atom stereocenters. The van der Waals surface area contributed by atoms with Crippen molar-refractivity contribution in [3.63, 3.8) is 0 Å². The summed E-state index contributed by atoms with van der Waals surface area (Å²) >= 11 is 0. The molecule has 5 nitrogen and oxygen atoms in total. The molecule has 0 spiro atoms. The van der Waals surface area contributed by atoms with Gasteiger partial charge < -0.3 is 9.84 Å². The highest BCUT2D eigenvalue weighted by molar-refractivity contribution is 7.90. The van der Waals surface area contributed by atoms with E-state index in [4.69, 9.17) is 11.3 Å². The monoisotopic (exact) mass is 383 g/mol. The van der Waals surface area contributed by atoms with Crippen molar-refractivity contribution in [1.82, 2.24) is 0 Å². The van der Waals surface area contributed by atoms with Crippen LogP contribution in [0, 0.1) is 12.4 Å². The summed E-state index contributed by atoms with van der Waals surface area (Å²) in [6.07, 6.45) is -2.37. The lowest BCUT2D eigenvalue weighted by atomic mass is 10.1. The maximum absolute atomic E-state index is 14.0. The van der Waals surface area contributed by atoms with E-state index in [1.165, 1.54) is 12.1 Å². The van der Waals surface area contributed by atoms with E-state index in [0.29, 0.717) is 0 Å². The van der Waals surface area contributed by atoms with Crippen molar-refractivity contribution < 1.29 is 31.4 Å². The molecule has 2 aromatic carbocycles. The van der Waals surface area contributed by atoms with Gasteiger partial charge in [0.15, 0.2) is 15.5 Å². The van der Waals surface area contributed by atoms with Gasteiger partial charge in [0.1, 0.15) is 23.4 Å². The Hall–Kier alpha value is -2.57. The summed E-state index contributed by atoms with van der Waals surface area (Å²) in [6.45, 7) is 6.92. The lowest BCUT2D eigenvalue weighted by molar-refractivity contribution is -0.0976. The average molecular weight is 383 g/mol. The zero-order valence-corrected chi connectivity index (χ0v) is 14.1. The van der Waals surface area contributed by atoms with Crippen molar-refractivity contribution in [2.24, 2.45) is 0 Å². The van der Waals surface area contributed by atoms with Gasteiger partial charge in [-0.2, -0.15) is 0 Å². The van der Waals surface area contributed by atoms with E-state index in [9.17, 15) is 26.7 Å². The van der Waals surface area contributed by atoms with Crippen LogP contribution in [0.25, 0.3) is 4.85 Å². The number of alkyl halides is 2. The number of hydrogen-bond donors (Lipinski definition) is 1. The second kappa shape index (κ2) is 6.00. The van der Waals surface area contributed by atoms with E-state index < -0.39 is 44.6 Å². The van der Waals surface area contributed by atoms with Crippen LogP contribution in [0.2, 0.25) is 0 Å². The van der Waals surface area contributed by atoms with Crippen LogP contribution in [-0.4, -0.2) is 25.7 Å². The molecule has 26 heavy (non-hydrogen) atoms. The molecule has 136 valence electrons. The van der Waals surface area contributed by atoms with Crippen molar-refractivity contribution in [1.29, 1.82) is 0 Å². The van der Waals surface area contributed by atoms with Crippen LogP contribution >= 0.6 is 0 Å². The minimum atomic E-state index is -3.87. The number of aliphatic hydroxyl groups excluding tert-OH is 1. The molecular weight excluding hydrogens is 371 g/mol. The molecule has 1 aliphatic rings. The molecule has 2 aromatic rings. The second-order valence-corrected chi connectivity index (χ2v) is 7.91. The highest BCUT2D eigenvalue weighted by Gasteiger charge is 2.50. The van der Waals surface area contributed by atoms with Crippen molar-refractivity contribution in [3.8, 4) is 11.5 Å². The molecule has 0 aliphatic heterocycles. The Morgan fingerprint density at radius 3 is 2.62 bits per heavy atom. The third-order valence-corrected chi connectivity index (χ3v) is 5.13. The first kappa shape index (κ1) is 18.2. The van der Waals surface area contributed by atoms with Gasteiger partial charge in [0.05, 0.1) is 11.5 Å². The molecule has 0 saturated heterocycles. The van der Waals surface area contributed by atoms with E-state index in [1.54, 1.807) is 0 Å². The van der Waals surface area contributed by atoms with Crippen LogP contribution in [-0.2, 0) is 16.3 Å². The lowest BCUT2D eigenvalue weighted by Gasteiger charge is -2.15. The summed E-state index contributed by atoms with van der Waals surface area (Å²) in [6, 6.07) is 5.40. The number of hydrogen-bond acceptors (Lipinski definition) is 4. The van der Waals surface area contributed by atoms with Gasteiger partial charge in [0, 0.05) is 29.9 Å². The topological polar surface area (TPSA) is 68.0 Å². The predicted molar refractivity (Wildman–Crippen MR) is 85.9 cm³/mol. The summed E-state index contributed by atoms with van der Waals surface area (Å²) in [5.41, 5.74) is -0.634. The quantitative estimate of drug-likeness (QED) is 0.819. The number of aliphatic hydroxyl groups is 1. The molecule has 0 aromatic heterocycles. The number of nitrogens with zero attached hydrogens (tertiary/aromatic N) is 1. The smallest absolute Gasteiger partial charge is 0.281 e. The second-order valence-electron chi connectivity index (χ2n) is 5.93. The fourth-order valence-electron chi connectivity index (χ4n) is 2.87. The van der Waals surface area contributed by atoms with Gasteiger partial charge in [-0.25, -0.2) is 26.4 Å². The highest BCUT2D eigenvalue weighted by atomic mass is 32.2. The number of rotatable bonds is 3. The van der Waals surface area contributed by atoms with Gasteiger partial charge in [-0.05, 0) is 24.3 Å². The Kier molecular flexibility index (Phi) is 4.21. The Labute approximate surface area is 147 Å². The van der Waals surface area contributed by atoms with E-state index in [-0.39, 0.29) is 22.7 Å². The van der Waals surface area contributed by atoms with Crippen LogP contribution in [0.4, 0.5) is 18.9 Å². The van der Waals surface area contributed by atoms with E-state index in [0.717, 1.165) is 24.5 Å². The van der Waals surface area contributed by atoms with Crippen LogP contribution in [0.15, 0.2) is 35.2 Å². The zero-order valence-electron chi connectivity index (χ0n) is 13.3. The van der Waals surface area contributed by atoms with Gasteiger partial charge in [0.25, 0.3) is 5.92 Å². The van der Waals surface area contributed by atoms with Crippen LogP contribution in [0.5, 0.6) is 11.5 Å². The molecule has 3 rings (SSSR count). The van der Waals surface area contributed by atoms with Crippen molar-refractivity contribution in [2.75, 3.05) is 6.26 Å². The summed E-state index contributed by atoms with van der Waals surface area (Å²) < 4.78 is 70.7. The highest BCUT2D eigenvalue weighted by Crippen LogP contribution is 2.49. The molecule has 0 unspecified atom stereocenters. The third-order valence-electron chi connectivity index (χ3n) is 3.97. The molecule has 0 saturated carbocycles. The van der Waals surface area contributed by atoms with Crippen molar-refractivity contribution in [2.45, 2.75) is 23.3 Å². The Balaban J connectivity index is 2.15. The zero-order chi connectivity index (χ0) is 19.3. The van der Waals surface area contributed by atoms with Gasteiger partial charge >= 0.3 is 0 Å². The Bertz CT molecular complexity index is 1040. The predicted octanol–water partition coefficient (Wildman–Crippen LogP) is 3.80. The number of sulfone groups is 1. The van der Waals surface area contributed by atoms with E-state index in [1.807, 2.05) is 0 Å². The first-order valence-electron chi connectivity index (χ1n) is 7.30. The maximum Gasteiger partial charge on any atom is 0.281 e. The molecule has 0 radical (unpaired) electrons. The fourth-order valence-corrected chi connectivity index (χ4v) is 3.82. The van der Waals surface area contributed by atoms with Crippen molar-refractivity contribution in [3.05, 3.63) is 58.7 Å². The van der Waals surface area contributed by atoms with Gasteiger partial charge in [-0.15, -0.1) is 0 Å². The molecule has 0 amide bonds. The first-order valence-corrected chi connectivity index (χ1v) is 9.19. The van der Waals surface area contributed by atoms with Crippen LogP contribution in [0.3, 0.4) is 0 Å². The Morgan fingerprint density at radius 2 is 2.00 bits per heavy atom. The molecule has 1 N–H and O–H groups in total. The molecule has 1 aliphatic carbocycles. The first-order chi connectivity index (χ1) is 12.0. The van der Waals surface area contributed by atoms with Gasteiger partial charge in [0.2, 0.25) is 0 Å². The normalized spacial score (nSPS) is 18.2. The number of ether oxygens (including phenoxy) is 1. The van der Waals surface area contributed by atoms with Gasteiger partial charge in [-0.1, -0.05) is 0 Å². The number of benzene rings is 2. The standard InChI is InChI=1S/C17H12F3NO4S/c1-21-10-5-9(18)6-11(7-10)25-13-3-4-14(26(2,23)24)15-12(13)8-17(19,20)16(15)22/h3-7,16,22H,8H2,2H3/t16-/m1/s1. The fraction of sp³-hybridized carbons (Fsp3) is 0.235. The summed E-state index contributed by atoms with van der Waals surface area (Å²) in [5.74, 6) is -4.55. The van der Waals surface area contributed by atoms with Crippen LogP contribution < -0.4 is 4.74 Å². The lowest BCUT2D eigenvalue weighted by Crippen LogP contribution is -2.22. The third kappa shape index (κ3) is 3.13. The summed E-state index contributed by atoms with van der Waals surface area (Å²) in [5, 5.41) is 9.90. The molecule has 0 heterocycles. The Morgan fingerprint density at radius 1 is 1.31 bits per heavy atom. The minimum Gasteiger partial charge on any atom is -0.458 e. The van der Waals surface area contributed by atoms with E-state index >= 15 is 0 Å². The molecule has 0 bridgehead atoms. The molecule has 0 fully saturated rings. The maximum atomic E-state index is 14.0. The van der Waals surface area contributed by atoms with E-state index in [2.05, 4.69) is 4.85 Å². The number of halogens is 3. The van der Waals surface area contributed by atoms with Gasteiger partial charge in [-0.3, -0.25) is 0 Å². The largest absolute Gasteiger partial charge is 0.458 e. The van der Waals surface area contributed by atoms with Crippen molar-refractivity contribution >= 4 is 15.5 Å². The average Bonchev–Trinajstić information content (AvgIpc) is 2.77. The summed E-state index contributed by atoms with van der Waals surface area (Å²) in [7, 11) is -3.87. The van der Waals surface area contributed by atoms with Crippen LogP contribution in [0.1, 0.15) is 17.2 Å². The molecular formula is C17H12F3NO4S. The number of fused-ring (bicyclic) bond motifs is 1. The summed E-state index contributed by atoms with van der Waals surface area (Å²) in [4.78, 5) is 2.67. The SMILES string of the molecule is [C-]#[N+]c1cc(F)cc(Oc2ccc(S(C)(=O)=O)c3c2CC(F)(F)[C@@H]3O)c1. The minimum absolute atomic E-state index is 0.0465. The molecule has 9 heteroatoms.